The van der Waals surface area contributed by atoms with E-state index in [1.165, 1.54) is 30.5 Å². The number of benzene rings is 1. The van der Waals surface area contributed by atoms with Gasteiger partial charge in [-0.25, -0.2) is 0 Å². The summed E-state index contributed by atoms with van der Waals surface area (Å²) in [6, 6.07) is 5.73. The van der Waals surface area contributed by atoms with Crippen LogP contribution in [0.15, 0.2) is 33.9 Å². The molecule has 24 heavy (non-hydrogen) atoms. The number of nitrogens with zero attached hydrogens (tertiary/aromatic N) is 3. The van der Waals surface area contributed by atoms with E-state index in [9.17, 15) is 18.0 Å². The van der Waals surface area contributed by atoms with Crippen molar-refractivity contribution >= 4 is 12.1 Å². The second kappa shape index (κ2) is 7.57. The van der Waals surface area contributed by atoms with Gasteiger partial charge >= 0.3 is 12.1 Å². The predicted octanol–water partition coefficient (Wildman–Crippen LogP) is 2.51. The molecule has 1 aromatic heterocycles. The number of oxime groups is 1. The molecule has 128 valence electrons. The number of nitrogens with one attached hydrogen (secondary N) is 1. The number of carbonyl (C=O) groups excluding carboxylic acids is 1. The molecule has 2 rings (SSSR count). The summed E-state index contributed by atoms with van der Waals surface area (Å²) in [6.45, 7) is 2.39. The van der Waals surface area contributed by atoms with Crippen molar-refractivity contribution in [2.45, 2.75) is 13.1 Å². The number of hydrogen-bond donors (Lipinski definition) is 1. The molecule has 0 spiro atoms. The molecular weight excluding hydrogens is 329 g/mol. The predicted molar refractivity (Wildman–Crippen MR) is 77.2 cm³/mol. The summed E-state index contributed by atoms with van der Waals surface area (Å²) >= 11 is 0. The van der Waals surface area contributed by atoms with Gasteiger partial charge in [0.1, 0.15) is 6.61 Å². The number of halogens is 3. The zero-order valence-corrected chi connectivity index (χ0v) is 12.5. The van der Waals surface area contributed by atoms with Crippen molar-refractivity contribution < 1.29 is 27.3 Å². The third-order valence-electron chi connectivity index (χ3n) is 2.71. The van der Waals surface area contributed by atoms with Gasteiger partial charge in [-0.3, -0.25) is 4.79 Å². The second-order valence-corrected chi connectivity index (χ2v) is 4.41. The van der Waals surface area contributed by atoms with E-state index in [1.54, 1.807) is 6.92 Å². The van der Waals surface area contributed by atoms with Gasteiger partial charge in [0.05, 0.1) is 12.8 Å². The van der Waals surface area contributed by atoms with E-state index in [0.29, 0.717) is 17.7 Å². The fourth-order valence-corrected chi connectivity index (χ4v) is 1.63. The summed E-state index contributed by atoms with van der Waals surface area (Å²) in [5, 5.41) is 9.41. The molecule has 0 aliphatic carbocycles. The molecule has 0 bridgehead atoms. The maximum atomic E-state index is 12.4. The lowest BCUT2D eigenvalue weighted by Crippen LogP contribution is -2.25. The lowest BCUT2D eigenvalue weighted by atomic mass is 10.1. The molecule has 7 nitrogen and oxygen atoms in total. The van der Waals surface area contributed by atoms with Gasteiger partial charge in [-0.05, 0) is 19.1 Å². The Hall–Kier alpha value is -2.91. The van der Waals surface area contributed by atoms with E-state index in [-0.39, 0.29) is 18.3 Å². The van der Waals surface area contributed by atoms with Crippen molar-refractivity contribution in [3.63, 3.8) is 0 Å². The van der Waals surface area contributed by atoms with E-state index < -0.39 is 12.1 Å². The Kier molecular flexibility index (Phi) is 5.51. The van der Waals surface area contributed by atoms with Gasteiger partial charge in [-0.15, -0.1) is 0 Å². The van der Waals surface area contributed by atoms with Crippen LogP contribution in [-0.2, 0) is 11.0 Å². The van der Waals surface area contributed by atoms with E-state index in [4.69, 9.17) is 4.84 Å². The van der Waals surface area contributed by atoms with Crippen LogP contribution in [0.4, 0.5) is 13.2 Å². The van der Waals surface area contributed by atoms with E-state index in [0.717, 1.165) is 0 Å². The average Bonchev–Trinajstić information content (AvgIpc) is 3.05. The number of rotatable bonds is 6. The maximum absolute atomic E-state index is 12.4. The molecule has 0 radical (unpaired) electrons. The van der Waals surface area contributed by atoms with E-state index in [1.807, 2.05) is 0 Å². The summed E-state index contributed by atoms with van der Waals surface area (Å²) in [4.78, 5) is 19.8. The normalized spacial score (nSPS) is 11.7. The standard InChI is InChI=1S/C14H13F3N4O3/c1-2-23-19-8-7-18-12(22)10-5-3-9(4-6-10)11-20-13(24-21-11)14(15,16)17/h3-6,8H,2,7H2,1H3,(H,18,22)/b19-8+. The minimum Gasteiger partial charge on any atom is -0.396 e. The summed E-state index contributed by atoms with van der Waals surface area (Å²) in [7, 11) is 0. The van der Waals surface area contributed by atoms with Crippen molar-refractivity contribution in [1.29, 1.82) is 0 Å². The highest BCUT2D eigenvalue weighted by Crippen LogP contribution is 2.29. The van der Waals surface area contributed by atoms with Gasteiger partial charge in [0, 0.05) is 11.1 Å². The van der Waals surface area contributed by atoms with Gasteiger partial charge in [0.15, 0.2) is 0 Å². The molecular formula is C14H13F3N4O3. The average molecular weight is 342 g/mol. The number of alkyl halides is 3. The Bertz CT molecular complexity index is 711. The first-order valence-corrected chi connectivity index (χ1v) is 6.85. The highest BCUT2D eigenvalue weighted by molar-refractivity contribution is 5.95. The van der Waals surface area contributed by atoms with Crippen LogP contribution in [0.3, 0.4) is 0 Å². The Balaban J connectivity index is 2.00. The molecule has 0 atom stereocenters. The smallest absolute Gasteiger partial charge is 0.396 e. The SMILES string of the molecule is CCO/N=C/CNC(=O)c1ccc(-c2noc(C(F)(F)F)n2)cc1. The van der Waals surface area contributed by atoms with Crippen LogP contribution in [0.2, 0.25) is 0 Å². The molecule has 0 saturated heterocycles. The number of amides is 1. The minimum absolute atomic E-state index is 0.181. The summed E-state index contributed by atoms with van der Waals surface area (Å²) in [5.74, 6) is -2.00. The molecule has 1 amide bonds. The highest BCUT2D eigenvalue weighted by atomic mass is 19.4. The van der Waals surface area contributed by atoms with Crippen molar-refractivity contribution in [3.8, 4) is 11.4 Å². The molecule has 0 aliphatic rings. The lowest BCUT2D eigenvalue weighted by molar-refractivity contribution is -0.159. The van der Waals surface area contributed by atoms with Crippen LogP contribution in [0, 0.1) is 0 Å². The van der Waals surface area contributed by atoms with Crippen molar-refractivity contribution in [3.05, 3.63) is 35.7 Å². The first-order valence-electron chi connectivity index (χ1n) is 6.85. The van der Waals surface area contributed by atoms with Gasteiger partial charge in [-0.1, -0.05) is 22.4 Å². The summed E-state index contributed by atoms with van der Waals surface area (Å²) in [5.41, 5.74) is 0.617. The molecule has 0 fully saturated rings. The maximum Gasteiger partial charge on any atom is 0.471 e. The van der Waals surface area contributed by atoms with E-state index >= 15 is 0 Å². The number of carbonyl (C=O) groups is 1. The highest BCUT2D eigenvalue weighted by Gasteiger charge is 2.38. The number of hydrogen-bond acceptors (Lipinski definition) is 6. The second-order valence-electron chi connectivity index (χ2n) is 4.41. The third-order valence-corrected chi connectivity index (χ3v) is 2.71. The molecule has 1 N–H and O–H groups in total. The zero-order valence-electron chi connectivity index (χ0n) is 12.5. The summed E-state index contributed by atoms with van der Waals surface area (Å²) < 4.78 is 41.4. The van der Waals surface area contributed by atoms with Crippen LogP contribution >= 0.6 is 0 Å². The molecule has 0 saturated carbocycles. The molecule has 0 aliphatic heterocycles. The molecule has 10 heteroatoms. The van der Waals surface area contributed by atoms with Crippen molar-refractivity contribution in [2.75, 3.05) is 13.2 Å². The fraction of sp³-hybridized carbons (Fsp3) is 0.286. The van der Waals surface area contributed by atoms with Crippen molar-refractivity contribution in [1.82, 2.24) is 15.5 Å². The van der Waals surface area contributed by atoms with Crippen LogP contribution in [0.5, 0.6) is 0 Å². The minimum atomic E-state index is -4.70. The first kappa shape index (κ1) is 17.4. The van der Waals surface area contributed by atoms with Gasteiger partial charge in [0.2, 0.25) is 5.82 Å². The van der Waals surface area contributed by atoms with Gasteiger partial charge in [-0.2, -0.15) is 18.2 Å². The molecule has 0 unspecified atom stereocenters. The molecule has 2 aromatic rings. The van der Waals surface area contributed by atoms with Crippen LogP contribution in [0.1, 0.15) is 23.2 Å². The lowest BCUT2D eigenvalue weighted by Gasteiger charge is -2.02. The molecule has 1 aromatic carbocycles. The zero-order chi connectivity index (χ0) is 17.6. The first-order chi connectivity index (χ1) is 11.4. The Labute approximate surface area is 134 Å². The Morgan fingerprint density at radius 2 is 2.08 bits per heavy atom. The largest absolute Gasteiger partial charge is 0.471 e. The fourth-order valence-electron chi connectivity index (χ4n) is 1.63. The Morgan fingerprint density at radius 1 is 1.38 bits per heavy atom. The van der Waals surface area contributed by atoms with Crippen LogP contribution in [0.25, 0.3) is 11.4 Å². The Morgan fingerprint density at radius 3 is 2.67 bits per heavy atom. The topological polar surface area (TPSA) is 89.6 Å². The quantitative estimate of drug-likeness (QED) is 0.643. The van der Waals surface area contributed by atoms with E-state index in [2.05, 4.69) is 25.1 Å². The van der Waals surface area contributed by atoms with Gasteiger partial charge < -0.3 is 14.7 Å². The monoisotopic (exact) mass is 342 g/mol. The molecule has 1 heterocycles. The van der Waals surface area contributed by atoms with Crippen molar-refractivity contribution in [2.24, 2.45) is 5.16 Å². The number of aromatic nitrogens is 2. The third kappa shape index (κ3) is 4.54. The summed E-state index contributed by atoms with van der Waals surface area (Å²) in [6.07, 6.45) is -3.30. The van der Waals surface area contributed by atoms with Crippen LogP contribution < -0.4 is 5.32 Å². The van der Waals surface area contributed by atoms with Gasteiger partial charge in [0.25, 0.3) is 5.91 Å². The van der Waals surface area contributed by atoms with Crippen LogP contribution in [-0.4, -0.2) is 35.4 Å².